The molecule has 2 N–H and O–H groups in total. The molecule has 0 aliphatic rings. The van der Waals surface area contributed by atoms with Crippen molar-refractivity contribution in [1.82, 2.24) is 4.98 Å². The van der Waals surface area contributed by atoms with E-state index in [-0.39, 0.29) is 0 Å². The third-order valence-corrected chi connectivity index (χ3v) is 2.64. The molecule has 3 heteroatoms. The Morgan fingerprint density at radius 3 is 2.93 bits per heavy atom. The summed E-state index contributed by atoms with van der Waals surface area (Å²) in [5.74, 6) is 0. The van der Waals surface area contributed by atoms with E-state index < -0.39 is 6.10 Å². The van der Waals surface area contributed by atoms with Gasteiger partial charge in [0.15, 0.2) is 0 Å². The number of aromatic amines is 1. The Balaban J connectivity index is 2.56. The smallest absolute Gasteiger partial charge is 0.112 e. The Hall–Kier alpha value is -1.06. The first-order chi connectivity index (χ1) is 6.70. The van der Waals surface area contributed by atoms with Crippen molar-refractivity contribution in [2.75, 3.05) is 0 Å². The first-order valence-electron chi connectivity index (χ1n) is 4.29. The molecule has 2 aromatic rings. The summed E-state index contributed by atoms with van der Waals surface area (Å²) in [5.41, 5.74) is 1.79. The van der Waals surface area contributed by atoms with Crippen LogP contribution in [0.4, 0.5) is 0 Å². The van der Waals surface area contributed by atoms with Crippen molar-refractivity contribution in [3.63, 3.8) is 0 Å². The van der Waals surface area contributed by atoms with E-state index in [0.717, 1.165) is 21.1 Å². The van der Waals surface area contributed by atoms with E-state index in [1.54, 1.807) is 0 Å². The number of nitrogens with one attached hydrogen (secondary N) is 1. The van der Waals surface area contributed by atoms with Crippen LogP contribution in [0.3, 0.4) is 0 Å². The molecule has 0 amide bonds. The van der Waals surface area contributed by atoms with Crippen molar-refractivity contribution in [3.05, 3.63) is 47.1 Å². The molecule has 1 aromatic heterocycles. The number of rotatable bonds is 2. The van der Waals surface area contributed by atoms with E-state index in [0.29, 0.717) is 0 Å². The molecule has 1 aromatic carbocycles. The molecule has 0 spiro atoms. The molecule has 0 aliphatic heterocycles. The van der Waals surface area contributed by atoms with Crippen molar-refractivity contribution in [2.24, 2.45) is 0 Å². The van der Waals surface area contributed by atoms with Gasteiger partial charge in [-0.1, -0.05) is 22.0 Å². The summed E-state index contributed by atoms with van der Waals surface area (Å²) in [7, 11) is 0. The van der Waals surface area contributed by atoms with Crippen molar-refractivity contribution in [3.8, 4) is 0 Å². The Kier molecular flexibility index (Phi) is 2.44. The van der Waals surface area contributed by atoms with Crippen molar-refractivity contribution in [2.45, 2.75) is 6.10 Å². The van der Waals surface area contributed by atoms with Gasteiger partial charge in [-0.05, 0) is 24.3 Å². The zero-order valence-electron chi connectivity index (χ0n) is 7.50. The first-order valence-corrected chi connectivity index (χ1v) is 5.09. The zero-order valence-corrected chi connectivity index (χ0v) is 9.08. The highest BCUT2D eigenvalue weighted by atomic mass is 79.9. The predicted molar refractivity (Wildman–Crippen MR) is 61.2 cm³/mol. The molecule has 0 radical (unpaired) electrons. The first kappa shape index (κ1) is 9.49. The summed E-state index contributed by atoms with van der Waals surface area (Å²) in [6.07, 6.45) is 0.876. The molecule has 0 fully saturated rings. The lowest BCUT2D eigenvalue weighted by Gasteiger charge is -1.99. The van der Waals surface area contributed by atoms with Gasteiger partial charge in [0.05, 0.1) is 0 Å². The van der Waals surface area contributed by atoms with Gasteiger partial charge in [0.2, 0.25) is 0 Å². The number of aliphatic hydroxyl groups is 1. The van der Waals surface area contributed by atoms with Crippen LogP contribution in [0.2, 0.25) is 0 Å². The van der Waals surface area contributed by atoms with E-state index in [4.69, 9.17) is 0 Å². The third-order valence-electron chi connectivity index (χ3n) is 2.15. The Morgan fingerprint density at radius 1 is 1.43 bits per heavy atom. The van der Waals surface area contributed by atoms with Crippen molar-refractivity contribution < 1.29 is 5.11 Å². The lowest BCUT2D eigenvalue weighted by atomic mass is 10.2. The maximum absolute atomic E-state index is 9.54. The number of hydrogen-bond donors (Lipinski definition) is 2. The summed E-state index contributed by atoms with van der Waals surface area (Å²) >= 11 is 3.40. The van der Waals surface area contributed by atoms with Gasteiger partial charge < -0.3 is 10.1 Å². The minimum absolute atomic E-state index is 0.624. The van der Waals surface area contributed by atoms with E-state index in [2.05, 4.69) is 27.5 Å². The fourth-order valence-corrected chi connectivity index (χ4v) is 1.79. The summed E-state index contributed by atoms with van der Waals surface area (Å²) in [4.78, 5) is 3.13. The van der Waals surface area contributed by atoms with E-state index >= 15 is 0 Å². The third kappa shape index (κ3) is 1.61. The van der Waals surface area contributed by atoms with E-state index in [1.165, 1.54) is 6.08 Å². The van der Waals surface area contributed by atoms with Crippen LogP contribution in [0.5, 0.6) is 0 Å². The summed E-state index contributed by atoms with van der Waals surface area (Å²) in [6.45, 7) is 3.55. The second-order valence-corrected chi connectivity index (χ2v) is 4.05. The van der Waals surface area contributed by atoms with Crippen molar-refractivity contribution in [1.29, 1.82) is 0 Å². The van der Waals surface area contributed by atoms with Crippen LogP contribution in [0.15, 0.2) is 41.4 Å². The van der Waals surface area contributed by atoms with Gasteiger partial charge in [0.1, 0.15) is 6.10 Å². The molecule has 72 valence electrons. The summed E-state index contributed by atoms with van der Waals surface area (Å²) in [6, 6.07) is 7.86. The highest BCUT2D eigenvalue weighted by molar-refractivity contribution is 9.10. The molecule has 0 bridgehead atoms. The molecule has 0 saturated carbocycles. The number of fused-ring (bicyclic) bond motifs is 1. The van der Waals surface area contributed by atoms with Crippen LogP contribution in [-0.4, -0.2) is 10.1 Å². The van der Waals surface area contributed by atoms with Crippen LogP contribution < -0.4 is 0 Å². The highest BCUT2D eigenvalue weighted by Gasteiger charge is 2.06. The van der Waals surface area contributed by atoms with E-state index in [9.17, 15) is 5.11 Å². The minimum atomic E-state index is -0.624. The van der Waals surface area contributed by atoms with Gasteiger partial charge in [-0.25, -0.2) is 0 Å². The Morgan fingerprint density at radius 2 is 2.21 bits per heavy atom. The second kappa shape index (κ2) is 3.59. The number of aliphatic hydroxyl groups excluding tert-OH is 1. The second-order valence-electron chi connectivity index (χ2n) is 3.14. The van der Waals surface area contributed by atoms with E-state index in [1.807, 2.05) is 24.3 Å². The molecular formula is C11H10BrNO. The molecule has 0 saturated heterocycles. The van der Waals surface area contributed by atoms with Crippen LogP contribution in [0, 0.1) is 0 Å². The number of hydrogen-bond acceptors (Lipinski definition) is 1. The molecular weight excluding hydrogens is 242 g/mol. The summed E-state index contributed by atoms with van der Waals surface area (Å²) in [5, 5.41) is 10.6. The largest absolute Gasteiger partial charge is 0.383 e. The molecule has 1 unspecified atom stereocenters. The van der Waals surface area contributed by atoms with Gasteiger partial charge in [-0.3, -0.25) is 0 Å². The lowest BCUT2D eigenvalue weighted by Crippen LogP contribution is -1.91. The average molecular weight is 252 g/mol. The normalized spacial score (nSPS) is 13.0. The molecule has 1 atom stereocenters. The fourth-order valence-electron chi connectivity index (χ4n) is 1.41. The topological polar surface area (TPSA) is 36.0 Å². The average Bonchev–Trinajstić information content (AvgIpc) is 2.59. The van der Waals surface area contributed by atoms with Gasteiger partial charge in [-0.15, -0.1) is 6.58 Å². The molecule has 0 aliphatic carbocycles. The monoisotopic (exact) mass is 251 g/mol. The van der Waals surface area contributed by atoms with Gasteiger partial charge in [0.25, 0.3) is 0 Å². The number of benzene rings is 1. The molecule has 2 rings (SSSR count). The number of H-pyrrole nitrogens is 1. The van der Waals surface area contributed by atoms with Crippen LogP contribution in [0.1, 0.15) is 11.8 Å². The SMILES string of the molecule is C=CC(O)c1cc2cc(Br)ccc2[nH]1. The van der Waals surface area contributed by atoms with Gasteiger partial charge >= 0.3 is 0 Å². The number of halogens is 1. The molecule has 1 heterocycles. The number of aromatic nitrogens is 1. The standard InChI is InChI=1S/C11H10BrNO/c1-2-11(14)10-6-7-5-8(12)3-4-9(7)13-10/h2-6,11,13-14H,1H2. The molecule has 2 nitrogen and oxygen atoms in total. The molecule has 14 heavy (non-hydrogen) atoms. The fraction of sp³-hybridized carbons (Fsp3) is 0.0909. The predicted octanol–water partition coefficient (Wildman–Crippen LogP) is 3.15. The minimum Gasteiger partial charge on any atom is -0.383 e. The van der Waals surface area contributed by atoms with Gasteiger partial charge in [0, 0.05) is 21.1 Å². The maximum Gasteiger partial charge on any atom is 0.112 e. The van der Waals surface area contributed by atoms with Crippen LogP contribution in [0.25, 0.3) is 10.9 Å². The van der Waals surface area contributed by atoms with Crippen molar-refractivity contribution >= 4 is 26.8 Å². The maximum atomic E-state index is 9.54. The zero-order chi connectivity index (χ0) is 10.1. The lowest BCUT2D eigenvalue weighted by molar-refractivity contribution is 0.225. The van der Waals surface area contributed by atoms with Crippen LogP contribution in [-0.2, 0) is 0 Å². The Labute approximate surface area is 90.4 Å². The Bertz CT molecular complexity index is 475. The summed E-state index contributed by atoms with van der Waals surface area (Å²) < 4.78 is 1.03. The van der Waals surface area contributed by atoms with Crippen LogP contribution >= 0.6 is 15.9 Å². The van der Waals surface area contributed by atoms with Gasteiger partial charge in [-0.2, -0.15) is 0 Å². The highest BCUT2D eigenvalue weighted by Crippen LogP contribution is 2.23. The quantitative estimate of drug-likeness (QED) is 0.791.